The molecule has 0 radical (unpaired) electrons. The maximum Gasteiger partial charge on any atom is 0.299 e. The summed E-state index contributed by atoms with van der Waals surface area (Å²) in [5.41, 5.74) is 5.84. The molecule has 3 heterocycles. The number of carbonyl (C=O) groups excluding carboxylic acids is 4. The molecule has 0 bridgehead atoms. The fourth-order valence-corrected chi connectivity index (χ4v) is 8.54. The molecule has 380 valence electrons. The molecule has 17 nitrogen and oxygen atoms in total. The first-order valence-corrected chi connectivity index (χ1v) is 23.7. The summed E-state index contributed by atoms with van der Waals surface area (Å²) in [6.07, 6.45) is 1.13. The number of ether oxygens (including phenoxy) is 4. The van der Waals surface area contributed by atoms with Crippen LogP contribution in [0.3, 0.4) is 0 Å². The van der Waals surface area contributed by atoms with E-state index >= 15 is 0 Å². The average Bonchev–Trinajstić information content (AvgIpc) is 3.98. The minimum atomic E-state index is -3.41. The number of aliphatic hydroxyl groups is 1. The van der Waals surface area contributed by atoms with Crippen molar-refractivity contribution in [2.24, 2.45) is 5.41 Å². The zero-order valence-corrected chi connectivity index (χ0v) is 40.6. The van der Waals surface area contributed by atoms with E-state index in [1.807, 2.05) is 31.2 Å². The number of nitrogens with one attached hydrogen (secondary N) is 3. The van der Waals surface area contributed by atoms with Gasteiger partial charge in [0, 0.05) is 43.0 Å². The second-order valence-electron chi connectivity index (χ2n) is 17.8. The average molecular weight is 1010 g/mol. The van der Waals surface area contributed by atoms with Gasteiger partial charge in [-0.25, -0.2) is 24.8 Å². The molecule has 2 aromatic heterocycles. The number of aromatic nitrogens is 3. The molecule has 5 aromatic rings. The van der Waals surface area contributed by atoms with Crippen LogP contribution in [0.4, 0.5) is 13.2 Å². The normalized spacial score (nSPS) is 15.8. The van der Waals surface area contributed by atoms with Crippen LogP contribution < -0.4 is 16.1 Å². The number of carbonyl (C=O) groups is 4. The molecule has 4 amide bonds. The van der Waals surface area contributed by atoms with Gasteiger partial charge in [-0.15, -0.1) is 11.3 Å². The third-order valence-electron chi connectivity index (χ3n) is 11.5. The van der Waals surface area contributed by atoms with E-state index in [1.165, 1.54) is 35.2 Å². The van der Waals surface area contributed by atoms with Gasteiger partial charge in [-0.3, -0.25) is 24.4 Å². The van der Waals surface area contributed by atoms with Crippen LogP contribution in [-0.4, -0.2) is 131 Å². The predicted octanol–water partition coefficient (Wildman–Crippen LogP) is 5.32. The van der Waals surface area contributed by atoms with Crippen molar-refractivity contribution in [3.8, 4) is 21.8 Å². The number of amides is 4. The molecule has 6 rings (SSSR count). The minimum Gasteiger partial charge on any atom is -0.391 e. The maximum absolute atomic E-state index is 14.9. The Morgan fingerprint density at radius 2 is 1.46 bits per heavy atom. The van der Waals surface area contributed by atoms with E-state index in [1.54, 1.807) is 61.3 Å². The number of hydrogen-bond acceptors (Lipinski definition) is 14. The van der Waals surface area contributed by atoms with Crippen molar-refractivity contribution >= 4 is 35.0 Å². The summed E-state index contributed by atoms with van der Waals surface area (Å²) in [5.74, 6) is -7.35. The minimum absolute atomic E-state index is 0.0118. The molecular formula is C50H58F3N7O10S. The summed E-state index contributed by atoms with van der Waals surface area (Å²) in [7, 11) is 0. The highest BCUT2D eigenvalue weighted by Gasteiger charge is 2.44. The van der Waals surface area contributed by atoms with Gasteiger partial charge in [0.2, 0.25) is 17.7 Å². The van der Waals surface area contributed by atoms with E-state index in [4.69, 9.17) is 18.9 Å². The van der Waals surface area contributed by atoms with Gasteiger partial charge in [0.25, 0.3) is 11.8 Å². The Morgan fingerprint density at radius 1 is 0.845 bits per heavy atom. The summed E-state index contributed by atoms with van der Waals surface area (Å²) in [6, 6.07) is 17.6. The number of rotatable bonds is 24. The van der Waals surface area contributed by atoms with Crippen LogP contribution in [0.2, 0.25) is 0 Å². The molecule has 0 saturated carbocycles. The number of likely N-dealkylation sites (tertiary alicyclic amines) is 1. The second kappa shape index (κ2) is 25.3. The molecule has 21 heteroatoms. The molecular weight excluding hydrogens is 948 g/mol. The summed E-state index contributed by atoms with van der Waals surface area (Å²) in [6.45, 7) is 6.48. The number of hydrogen-bond donors (Lipinski definition) is 5. The molecule has 1 aliphatic rings. The molecule has 5 N–H and O–H groups in total. The summed E-state index contributed by atoms with van der Waals surface area (Å²) >= 11 is 1.55. The molecule has 0 aliphatic carbocycles. The first-order valence-electron chi connectivity index (χ1n) is 22.8. The van der Waals surface area contributed by atoms with Crippen LogP contribution >= 0.6 is 11.3 Å². The van der Waals surface area contributed by atoms with Crippen LogP contribution in [0.5, 0.6) is 0 Å². The third kappa shape index (κ3) is 14.9. The van der Waals surface area contributed by atoms with Crippen LogP contribution in [0.15, 0.2) is 90.7 Å². The molecule has 0 spiro atoms. The van der Waals surface area contributed by atoms with Crippen molar-refractivity contribution in [3.05, 3.63) is 124 Å². The standard InChI is InChI=1S/C50H58F3N7O10S/c1-31-43(71-30-57-31)34-11-9-32(10-12-34)24-56-46(63)40-23-37(61)27-60(40)48(65)44(49(2,3)4)58-41(62)28-69-21-19-67-17-18-68-20-22-70-29-50(52,53)36-25-54-45(55-26-36)35-15-13-33(14-16-35)42(47(64)59-66)38-7-5-6-8-39(38)51/h5-16,25-26,30,37,40,42,44,61,66H,17-24,27-29H2,1-4H3,(H,56,63)(H,58,62)(H,59,64). The lowest BCUT2D eigenvalue weighted by atomic mass is 9.85. The molecule has 1 aliphatic heterocycles. The Labute approximate surface area is 413 Å². The Kier molecular flexibility index (Phi) is 19.3. The number of β-amino-alcohol motifs (C(OH)–C–C–N with tert-alkyl or cyclic N) is 1. The number of halogens is 3. The first kappa shape index (κ1) is 54.1. The van der Waals surface area contributed by atoms with E-state index < -0.39 is 77.1 Å². The van der Waals surface area contributed by atoms with E-state index in [2.05, 4.69) is 25.6 Å². The number of hydroxylamine groups is 1. The van der Waals surface area contributed by atoms with E-state index in [9.17, 15) is 42.7 Å². The Hall–Kier alpha value is -6.20. The van der Waals surface area contributed by atoms with Gasteiger partial charge in [-0.05, 0) is 35.1 Å². The number of aliphatic hydroxyl groups excluding tert-OH is 1. The van der Waals surface area contributed by atoms with Gasteiger partial charge in [0.05, 0.1) is 73.3 Å². The fourth-order valence-electron chi connectivity index (χ4n) is 7.73. The highest BCUT2D eigenvalue weighted by molar-refractivity contribution is 7.13. The predicted molar refractivity (Wildman–Crippen MR) is 254 cm³/mol. The highest BCUT2D eigenvalue weighted by atomic mass is 32.1. The Bertz CT molecular complexity index is 2550. The molecule has 1 saturated heterocycles. The van der Waals surface area contributed by atoms with Crippen molar-refractivity contribution < 1.29 is 61.6 Å². The monoisotopic (exact) mass is 1010 g/mol. The molecule has 4 atom stereocenters. The molecule has 71 heavy (non-hydrogen) atoms. The molecule has 3 aromatic carbocycles. The van der Waals surface area contributed by atoms with Crippen LogP contribution in [0, 0.1) is 18.2 Å². The van der Waals surface area contributed by atoms with E-state index in [0.717, 1.165) is 34.1 Å². The van der Waals surface area contributed by atoms with Gasteiger partial charge in [-0.1, -0.05) is 87.5 Å². The Balaban J connectivity index is 0.840. The fraction of sp³-hybridized carbons (Fsp3) is 0.420. The van der Waals surface area contributed by atoms with Crippen LogP contribution in [0.25, 0.3) is 21.8 Å². The quantitative estimate of drug-likeness (QED) is 0.0301. The SMILES string of the molecule is Cc1ncsc1-c1ccc(CNC(=O)C2CC(O)CN2C(=O)C(NC(=O)COCCOCCOCCOCC(F)(F)c2cnc(-c3ccc(C(C(=O)NO)c4ccccc4F)cc3)nc2)C(C)(C)C)cc1. The lowest BCUT2D eigenvalue weighted by Gasteiger charge is -2.35. The molecule has 1 fully saturated rings. The lowest BCUT2D eigenvalue weighted by Crippen LogP contribution is -2.58. The summed E-state index contributed by atoms with van der Waals surface area (Å²) in [4.78, 5) is 67.5. The van der Waals surface area contributed by atoms with Crippen molar-refractivity contribution in [2.45, 2.75) is 70.7 Å². The maximum atomic E-state index is 14.9. The number of nitrogens with zero attached hydrogens (tertiary/aromatic N) is 4. The smallest absolute Gasteiger partial charge is 0.299 e. The van der Waals surface area contributed by atoms with Crippen LogP contribution in [0.1, 0.15) is 61.1 Å². The summed E-state index contributed by atoms with van der Waals surface area (Å²) in [5, 5.41) is 25.4. The largest absolute Gasteiger partial charge is 0.391 e. The van der Waals surface area contributed by atoms with E-state index in [0.29, 0.717) is 11.1 Å². The zero-order valence-electron chi connectivity index (χ0n) is 39.7. The molecule has 4 unspecified atom stereocenters. The number of benzene rings is 3. The number of aryl methyl sites for hydroxylation is 1. The van der Waals surface area contributed by atoms with Gasteiger partial charge in [-0.2, -0.15) is 8.78 Å². The zero-order chi connectivity index (χ0) is 51.1. The first-order chi connectivity index (χ1) is 34.0. The van der Waals surface area contributed by atoms with Gasteiger partial charge in [0.15, 0.2) is 5.82 Å². The van der Waals surface area contributed by atoms with Crippen LogP contribution in [-0.2, 0) is 50.6 Å². The summed E-state index contributed by atoms with van der Waals surface area (Å²) < 4.78 is 65.8. The second-order valence-corrected chi connectivity index (χ2v) is 18.7. The third-order valence-corrected chi connectivity index (χ3v) is 12.5. The van der Waals surface area contributed by atoms with Gasteiger partial charge >= 0.3 is 0 Å². The Morgan fingerprint density at radius 3 is 2.07 bits per heavy atom. The van der Waals surface area contributed by atoms with Crippen molar-refractivity contribution in [1.29, 1.82) is 0 Å². The highest BCUT2D eigenvalue weighted by Crippen LogP contribution is 2.32. The lowest BCUT2D eigenvalue weighted by molar-refractivity contribution is -0.144. The van der Waals surface area contributed by atoms with Crippen molar-refractivity contribution in [2.75, 3.05) is 59.4 Å². The van der Waals surface area contributed by atoms with E-state index in [-0.39, 0.29) is 77.1 Å². The van der Waals surface area contributed by atoms with Gasteiger partial charge in [0.1, 0.15) is 31.1 Å². The number of alkyl halides is 2. The van der Waals surface area contributed by atoms with Crippen molar-refractivity contribution in [1.82, 2.24) is 36.0 Å². The number of thiazole rings is 1. The van der Waals surface area contributed by atoms with Crippen molar-refractivity contribution in [3.63, 3.8) is 0 Å². The van der Waals surface area contributed by atoms with Gasteiger partial charge < -0.3 is 39.6 Å². The topological polar surface area (TPSA) is 224 Å².